The van der Waals surface area contributed by atoms with Crippen LogP contribution in [-0.2, 0) is 45.4 Å². The highest BCUT2D eigenvalue weighted by Gasteiger charge is 2.52. The molecule has 1 aliphatic carbocycles. The molecule has 0 unspecified atom stereocenters. The molecule has 0 radical (unpaired) electrons. The largest absolute Gasteiger partial charge is 0.389 e. The summed E-state index contributed by atoms with van der Waals surface area (Å²) in [7, 11) is 0. The highest BCUT2D eigenvalue weighted by Crippen LogP contribution is 2.32. The van der Waals surface area contributed by atoms with Crippen molar-refractivity contribution in [2.75, 3.05) is 0 Å². The quantitative estimate of drug-likeness (QED) is 0.263. The molecule has 3 N–H and O–H groups in total. The molecule has 40 heavy (non-hydrogen) atoms. The van der Waals surface area contributed by atoms with E-state index in [4.69, 9.17) is 24.7 Å². The summed E-state index contributed by atoms with van der Waals surface area (Å²) >= 11 is 0. The molecule has 0 amide bonds. The van der Waals surface area contributed by atoms with Gasteiger partial charge in [0, 0.05) is 0 Å². The van der Waals surface area contributed by atoms with Gasteiger partial charge in [-0.3, -0.25) is 0 Å². The Morgan fingerprint density at radius 3 is 1.05 bits per heavy atom. The standard InChI is InChI=1S/C34H37NO5/c35-29-30(36)32(38-22-26-15-7-2-8-16-26)34(40-24-28-19-11-4-12-20-28)33(39-23-27-17-9-3-10-18-27)31(29)37-21-25-13-5-1-6-14-25/h1-20,29-34,36H,21-24,35H2/t29-,30+,31+,32+,33-,34-/m1/s1. The fourth-order valence-electron chi connectivity index (χ4n) is 5.05. The van der Waals surface area contributed by atoms with Crippen molar-refractivity contribution in [3.63, 3.8) is 0 Å². The number of nitrogens with two attached hydrogens (primary N) is 1. The van der Waals surface area contributed by atoms with E-state index in [0.717, 1.165) is 22.3 Å². The molecule has 0 bridgehead atoms. The third-order valence-electron chi connectivity index (χ3n) is 7.22. The van der Waals surface area contributed by atoms with Crippen molar-refractivity contribution < 1.29 is 24.1 Å². The smallest absolute Gasteiger partial charge is 0.115 e. The Hall–Kier alpha value is -3.36. The highest BCUT2D eigenvalue weighted by molar-refractivity contribution is 5.17. The van der Waals surface area contributed by atoms with E-state index in [0.29, 0.717) is 26.4 Å². The first-order chi connectivity index (χ1) is 19.7. The molecule has 208 valence electrons. The SMILES string of the molecule is N[C@@H]1[C@H](O)[C@H](OCc2ccccc2)[C@@H](OCc2ccccc2)[C@H](OCc2ccccc2)[C@H]1OCc1ccccc1. The molecular weight excluding hydrogens is 502 g/mol. The minimum atomic E-state index is -1.03. The molecule has 0 aromatic heterocycles. The van der Waals surface area contributed by atoms with Crippen LogP contribution in [0, 0.1) is 0 Å². The van der Waals surface area contributed by atoms with Gasteiger partial charge in [-0.05, 0) is 22.3 Å². The average Bonchev–Trinajstić information content (AvgIpc) is 3.01. The molecule has 1 aliphatic rings. The van der Waals surface area contributed by atoms with Crippen LogP contribution in [0.1, 0.15) is 22.3 Å². The van der Waals surface area contributed by atoms with Crippen LogP contribution in [0.2, 0.25) is 0 Å². The van der Waals surface area contributed by atoms with Crippen molar-refractivity contribution in [3.05, 3.63) is 144 Å². The maximum absolute atomic E-state index is 11.5. The van der Waals surface area contributed by atoms with Crippen LogP contribution >= 0.6 is 0 Å². The number of aliphatic hydroxyl groups is 1. The van der Waals surface area contributed by atoms with E-state index in [9.17, 15) is 5.11 Å². The third-order valence-corrected chi connectivity index (χ3v) is 7.22. The summed E-state index contributed by atoms with van der Waals surface area (Å²) < 4.78 is 25.8. The normalized spacial score (nSPS) is 24.6. The van der Waals surface area contributed by atoms with E-state index in [1.165, 1.54) is 0 Å². The lowest BCUT2D eigenvalue weighted by Crippen LogP contribution is -2.68. The first kappa shape index (κ1) is 28.2. The van der Waals surface area contributed by atoms with Crippen LogP contribution < -0.4 is 5.73 Å². The third kappa shape index (κ3) is 7.43. The van der Waals surface area contributed by atoms with E-state index >= 15 is 0 Å². The van der Waals surface area contributed by atoms with Crippen molar-refractivity contribution in [3.8, 4) is 0 Å². The average molecular weight is 540 g/mol. The van der Waals surface area contributed by atoms with Gasteiger partial charge in [0.25, 0.3) is 0 Å². The molecule has 4 aromatic rings. The summed E-state index contributed by atoms with van der Waals surface area (Å²) in [4.78, 5) is 0. The fraction of sp³-hybridized carbons (Fsp3) is 0.294. The van der Waals surface area contributed by atoms with Gasteiger partial charge in [0.2, 0.25) is 0 Å². The van der Waals surface area contributed by atoms with Crippen LogP contribution in [0.15, 0.2) is 121 Å². The molecule has 5 rings (SSSR count). The predicted molar refractivity (Wildman–Crippen MR) is 154 cm³/mol. The number of aliphatic hydroxyl groups excluding tert-OH is 1. The summed E-state index contributed by atoms with van der Waals surface area (Å²) in [5, 5.41) is 11.5. The second kappa shape index (κ2) is 14.3. The molecule has 1 saturated carbocycles. The monoisotopic (exact) mass is 539 g/mol. The molecule has 6 heteroatoms. The van der Waals surface area contributed by atoms with E-state index in [2.05, 4.69) is 0 Å². The minimum absolute atomic E-state index is 0.307. The van der Waals surface area contributed by atoms with Gasteiger partial charge in [-0.1, -0.05) is 121 Å². The minimum Gasteiger partial charge on any atom is -0.389 e. The van der Waals surface area contributed by atoms with E-state index in [1.54, 1.807) is 0 Å². The van der Waals surface area contributed by atoms with Gasteiger partial charge in [-0.2, -0.15) is 0 Å². The summed E-state index contributed by atoms with van der Waals surface area (Å²) in [5.41, 5.74) is 10.7. The predicted octanol–water partition coefficient (Wildman–Crippen LogP) is 5.03. The number of benzene rings is 4. The van der Waals surface area contributed by atoms with Gasteiger partial charge in [-0.15, -0.1) is 0 Å². The molecule has 0 aliphatic heterocycles. The van der Waals surface area contributed by atoms with Gasteiger partial charge in [0.15, 0.2) is 0 Å². The topological polar surface area (TPSA) is 83.2 Å². The number of rotatable bonds is 12. The Labute approximate surface area is 236 Å². The van der Waals surface area contributed by atoms with Gasteiger partial charge < -0.3 is 29.8 Å². The van der Waals surface area contributed by atoms with Crippen LogP contribution in [0.3, 0.4) is 0 Å². The van der Waals surface area contributed by atoms with Gasteiger partial charge in [-0.25, -0.2) is 0 Å². The molecule has 0 heterocycles. The Balaban J connectivity index is 1.42. The lowest BCUT2D eigenvalue weighted by Gasteiger charge is -2.47. The zero-order valence-corrected chi connectivity index (χ0v) is 22.5. The lowest BCUT2D eigenvalue weighted by atomic mass is 9.82. The number of hydrogen-bond acceptors (Lipinski definition) is 6. The van der Waals surface area contributed by atoms with Crippen LogP contribution in [0.25, 0.3) is 0 Å². The molecule has 4 aromatic carbocycles. The molecule has 6 nitrogen and oxygen atoms in total. The van der Waals surface area contributed by atoms with Crippen molar-refractivity contribution in [2.45, 2.75) is 63.0 Å². The van der Waals surface area contributed by atoms with E-state index in [1.807, 2.05) is 121 Å². The van der Waals surface area contributed by atoms with Crippen molar-refractivity contribution in [2.24, 2.45) is 5.73 Å². The van der Waals surface area contributed by atoms with E-state index < -0.39 is 36.6 Å². The van der Waals surface area contributed by atoms with Crippen LogP contribution in [-0.4, -0.2) is 41.7 Å². The van der Waals surface area contributed by atoms with Crippen LogP contribution in [0.5, 0.6) is 0 Å². The Morgan fingerprint density at radius 2 is 0.700 bits per heavy atom. The zero-order valence-electron chi connectivity index (χ0n) is 22.5. The maximum atomic E-state index is 11.5. The summed E-state index contributed by atoms with van der Waals surface area (Å²) in [5.74, 6) is 0. The zero-order chi connectivity index (χ0) is 27.6. The van der Waals surface area contributed by atoms with Gasteiger partial charge >= 0.3 is 0 Å². The summed E-state index contributed by atoms with van der Waals surface area (Å²) in [6.45, 7) is 1.31. The summed E-state index contributed by atoms with van der Waals surface area (Å²) in [6.07, 6.45) is -3.61. The van der Waals surface area contributed by atoms with Crippen molar-refractivity contribution in [1.82, 2.24) is 0 Å². The number of hydrogen-bond donors (Lipinski definition) is 2. The van der Waals surface area contributed by atoms with Crippen molar-refractivity contribution >= 4 is 0 Å². The molecule has 1 fully saturated rings. The Bertz CT molecular complexity index is 1160. The first-order valence-electron chi connectivity index (χ1n) is 13.7. The highest BCUT2D eigenvalue weighted by atomic mass is 16.6. The second-order valence-corrected chi connectivity index (χ2v) is 10.1. The first-order valence-corrected chi connectivity index (χ1v) is 13.7. The van der Waals surface area contributed by atoms with Gasteiger partial charge in [0.1, 0.15) is 30.5 Å². The van der Waals surface area contributed by atoms with E-state index in [-0.39, 0.29) is 0 Å². The number of ether oxygens (including phenoxy) is 4. The molecule has 0 spiro atoms. The molecule has 6 atom stereocenters. The van der Waals surface area contributed by atoms with Crippen LogP contribution in [0.4, 0.5) is 0 Å². The van der Waals surface area contributed by atoms with Crippen molar-refractivity contribution in [1.29, 1.82) is 0 Å². The second-order valence-electron chi connectivity index (χ2n) is 10.1. The van der Waals surface area contributed by atoms with Gasteiger partial charge in [0.05, 0.1) is 32.5 Å². The summed E-state index contributed by atoms with van der Waals surface area (Å²) in [6, 6.07) is 38.9. The Kier molecular flexibility index (Phi) is 10.1. The lowest BCUT2D eigenvalue weighted by molar-refractivity contribution is -0.247. The maximum Gasteiger partial charge on any atom is 0.115 e. The Morgan fingerprint density at radius 1 is 0.425 bits per heavy atom. The molecule has 0 saturated heterocycles. The molecular formula is C34H37NO5. The fourth-order valence-corrected chi connectivity index (χ4v) is 5.05.